The maximum atomic E-state index is 4.84. The molecular weight excluding hydrogens is 518 g/mol. The van der Waals surface area contributed by atoms with Crippen molar-refractivity contribution in [2.24, 2.45) is 0 Å². The van der Waals surface area contributed by atoms with Gasteiger partial charge in [-0.3, -0.25) is 0 Å². The van der Waals surface area contributed by atoms with Crippen LogP contribution in [0.15, 0.2) is 140 Å². The minimum atomic E-state index is 0.619. The largest absolute Gasteiger partial charge is 0.237 e. The van der Waals surface area contributed by atoms with Crippen LogP contribution in [0.1, 0.15) is 0 Å². The Balaban J connectivity index is 1.15. The summed E-state index contributed by atoms with van der Waals surface area (Å²) in [6.07, 6.45) is 8.56. The summed E-state index contributed by atoms with van der Waals surface area (Å²) in [5.74, 6) is 2.65. The quantitative estimate of drug-likeness (QED) is 0.216. The molecule has 0 unspecified atom stereocenters. The second kappa shape index (κ2) is 11.3. The molecule has 0 aliphatic carbocycles. The molecule has 0 aliphatic heterocycles. The molecular formula is C35H23N7. The molecule has 0 bridgehead atoms. The third kappa shape index (κ3) is 5.26. The summed E-state index contributed by atoms with van der Waals surface area (Å²) in [5.41, 5.74) is 8.10. The van der Waals surface area contributed by atoms with Crippen LogP contribution in [0.4, 0.5) is 0 Å². The highest BCUT2D eigenvalue weighted by Gasteiger charge is 2.10. The smallest absolute Gasteiger partial charge is 0.163 e. The Kier molecular flexibility index (Phi) is 6.72. The van der Waals surface area contributed by atoms with E-state index in [-0.39, 0.29) is 0 Å². The Morgan fingerprint density at radius 3 is 1.10 bits per heavy atom. The first-order valence-corrected chi connectivity index (χ1v) is 13.5. The van der Waals surface area contributed by atoms with Gasteiger partial charge in [0.2, 0.25) is 0 Å². The molecule has 42 heavy (non-hydrogen) atoms. The fourth-order valence-electron chi connectivity index (χ4n) is 4.77. The number of hydrogen-bond acceptors (Lipinski definition) is 7. The van der Waals surface area contributed by atoms with Crippen LogP contribution in [0.25, 0.3) is 67.8 Å². The van der Waals surface area contributed by atoms with Gasteiger partial charge in [-0.05, 0) is 46.5 Å². The normalized spacial score (nSPS) is 10.9. The van der Waals surface area contributed by atoms with Gasteiger partial charge in [0, 0.05) is 47.0 Å². The lowest BCUT2D eigenvalue weighted by molar-refractivity contribution is 1.07. The SMILES string of the molecule is c1cnc(-c2ccc(-c3cccc(-c4ncnc(-c5cccc(-c6ccc(-c7ncccn7)cc6)c5)n4)c3)cc2)nc1. The maximum Gasteiger partial charge on any atom is 0.163 e. The van der Waals surface area contributed by atoms with Gasteiger partial charge in [-0.1, -0.05) is 84.9 Å². The number of hydrogen-bond donors (Lipinski definition) is 0. The van der Waals surface area contributed by atoms with E-state index in [2.05, 4.69) is 78.4 Å². The van der Waals surface area contributed by atoms with Crippen LogP contribution in [-0.4, -0.2) is 34.9 Å². The Hall–Kier alpha value is -5.95. The van der Waals surface area contributed by atoms with Crippen LogP contribution in [0.3, 0.4) is 0 Å². The van der Waals surface area contributed by atoms with Gasteiger partial charge in [-0.25, -0.2) is 34.9 Å². The van der Waals surface area contributed by atoms with Crippen LogP contribution in [0.5, 0.6) is 0 Å². The van der Waals surface area contributed by atoms with E-state index >= 15 is 0 Å². The molecule has 0 N–H and O–H groups in total. The Labute approximate surface area is 242 Å². The molecule has 0 atom stereocenters. The van der Waals surface area contributed by atoms with Crippen molar-refractivity contribution in [2.75, 3.05) is 0 Å². The standard InChI is InChI=1S/C35H23N7/c1-5-28(24-9-13-26(14-10-24)32-36-17-3-18-37-32)21-30(7-1)34-40-23-41-35(42-34)31-8-2-6-29(22-31)25-11-15-27(16-12-25)33-38-19-4-20-39-33/h1-23H. The van der Waals surface area contributed by atoms with Gasteiger partial charge in [-0.2, -0.15) is 0 Å². The average Bonchev–Trinajstić information content (AvgIpc) is 3.09. The molecule has 0 amide bonds. The van der Waals surface area contributed by atoms with Crippen molar-refractivity contribution in [3.05, 3.63) is 140 Å². The van der Waals surface area contributed by atoms with Gasteiger partial charge in [0.05, 0.1) is 0 Å². The number of aromatic nitrogens is 7. The molecule has 7 nitrogen and oxygen atoms in total. The van der Waals surface area contributed by atoms with Gasteiger partial charge >= 0.3 is 0 Å². The molecule has 7 rings (SSSR count). The van der Waals surface area contributed by atoms with Gasteiger partial charge in [-0.15, -0.1) is 0 Å². The minimum absolute atomic E-state index is 0.619. The van der Waals surface area contributed by atoms with Crippen molar-refractivity contribution < 1.29 is 0 Å². The van der Waals surface area contributed by atoms with Crippen LogP contribution >= 0.6 is 0 Å². The van der Waals surface area contributed by atoms with E-state index in [9.17, 15) is 0 Å². The number of rotatable bonds is 6. The van der Waals surface area contributed by atoms with Gasteiger partial charge < -0.3 is 0 Å². The van der Waals surface area contributed by atoms with Crippen molar-refractivity contribution in [1.29, 1.82) is 0 Å². The van der Waals surface area contributed by atoms with E-state index in [1.165, 1.54) is 0 Å². The van der Waals surface area contributed by atoms with E-state index in [4.69, 9.17) is 4.98 Å². The highest BCUT2D eigenvalue weighted by molar-refractivity contribution is 5.74. The average molecular weight is 542 g/mol. The third-order valence-corrected chi connectivity index (χ3v) is 6.90. The van der Waals surface area contributed by atoms with Gasteiger partial charge in [0.15, 0.2) is 23.3 Å². The third-order valence-electron chi connectivity index (χ3n) is 6.90. The van der Waals surface area contributed by atoms with E-state index < -0.39 is 0 Å². The lowest BCUT2D eigenvalue weighted by Crippen LogP contribution is -1.95. The van der Waals surface area contributed by atoms with Crippen LogP contribution < -0.4 is 0 Å². The number of benzene rings is 4. The first kappa shape index (κ1) is 25.0. The summed E-state index contributed by atoms with van der Waals surface area (Å²) >= 11 is 0. The van der Waals surface area contributed by atoms with Gasteiger partial charge in [0.1, 0.15) is 6.33 Å². The summed E-state index contributed by atoms with van der Waals surface area (Å²) in [5, 5.41) is 0. The molecule has 0 spiro atoms. The Morgan fingerprint density at radius 2 is 0.667 bits per heavy atom. The summed E-state index contributed by atoms with van der Waals surface area (Å²) in [4.78, 5) is 31.2. The van der Waals surface area contributed by atoms with Crippen LogP contribution in [0.2, 0.25) is 0 Å². The predicted octanol–water partition coefficient (Wildman–Crippen LogP) is 7.45. The number of nitrogens with zero attached hydrogens (tertiary/aromatic N) is 7. The summed E-state index contributed by atoms with van der Waals surface area (Å²) in [7, 11) is 0. The Morgan fingerprint density at radius 1 is 0.286 bits per heavy atom. The molecule has 3 heterocycles. The van der Waals surface area contributed by atoms with E-state index in [1.807, 2.05) is 60.7 Å². The Bertz CT molecular complexity index is 1820. The van der Waals surface area contributed by atoms with Crippen molar-refractivity contribution in [3.8, 4) is 67.8 Å². The topological polar surface area (TPSA) is 90.2 Å². The fraction of sp³-hybridized carbons (Fsp3) is 0. The molecule has 4 aromatic carbocycles. The summed E-state index contributed by atoms with van der Waals surface area (Å²) in [6.45, 7) is 0. The van der Waals surface area contributed by atoms with E-state index in [0.29, 0.717) is 23.3 Å². The molecule has 7 aromatic rings. The van der Waals surface area contributed by atoms with Crippen LogP contribution in [0, 0.1) is 0 Å². The second-order valence-electron chi connectivity index (χ2n) is 9.59. The molecule has 7 heteroatoms. The fourth-order valence-corrected chi connectivity index (χ4v) is 4.77. The lowest BCUT2D eigenvalue weighted by Gasteiger charge is -2.08. The molecule has 3 aromatic heterocycles. The maximum absolute atomic E-state index is 4.84. The molecule has 198 valence electrons. The van der Waals surface area contributed by atoms with E-state index in [1.54, 1.807) is 31.1 Å². The minimum Gasteiger partial charge on any atom is -0.237 e. The van der Waals surface area contributed by atoms with E-state index in [0.717, 1.165) is 44.5 Å². The van der Waals surface area contributed by atoms with Crippen molar-refractivity contribution in [2.45, 2.75) is 0 Å². The first-order chi connectivity index (χ1) is 20.8. The second-order valence-corrected chi connectivity index (χ2v) is 9.59. The zero-order chi connectivity index (χ0) is 28.1. The molecule has 0 saturated carbocycles. The zero-order valence-corrected chi connectivity index (χ0v) is 22.4. The van der Waals surface area contributed by atoms with Crippen molar-refractivity contribution in [1.82, 2.24) is 34.9 Å². The summed E-state index contributed by atoms with van der Waals surface area (Å²) in [6, 6.07) is 36.5. The summed E-state index contributed by atoms with van der Waals surface area (Å²) < 4.78 is 0. The lowest BCUT2D eigenvalue weighted by atomic mass is 10.0. The highest BCUT2D eigenvalue weighted by Crippen LogP contribution is 2.29. The zero-order valence-electron chi connectivity index (χ0n) is 22.4. The van der Waals surface area contributed by atoms with Crippen molar-refractivity contribution >= 4 is 0 Å². The molecule has 0 radical (unpaired) electrons. The predicted molar refractivity (Wildman–Crippen MR) is 164 cm³/mol. The molecule has 0 aliphatic rings. The molecule has 0 fully saturated rings. The van der Waals surface area contributed by atoms with Gasteiger partial charge in [0.25, 0.3) is 0 Å². The highest BCUT2D eigenvalue weighted by atomic mass is 15.0. The van der Waals surface area contributed by atoms with Crippen LogP contribution in [-0.2, 0) is 0 Å². The first-order valence-electron chi connectivity index (χ1n) is 13.5. The van der Waals surface area contributed by atoms with Crippen molar-refractivity contribution in [3.63, 3.8) is 0 Å². The monoisotopic (exact) mass is 541 g/mol. The molecule has 0 saturated heterocycles.